The van der Waals surface area contributed by atoms with E-state index in [1.54, 1.807) is 0 Å². The molecular formula is C8H9NaO3S. The van der Waals surface area contributed by atoms with Gasteiger partial charge in [-0.1, -0.05) is 6.92 Å². The van der Waals surface area contributed by atoms with Crippen molar-refractivity contribution in [3.8, 4) is 5.75 Å². The molecule has 0 saturated heterocycles. The van der Waals surface area contributed by atoms with Crippen LogP contribution in [0.3, 0.4) is 0 Å². The molecule has 66 valence electrons. The Morgan fingerprint density at radius 1 is 1.54 bits per heavy atom. The number of hydrogen-bond acceptors (Lipinski definition) is 3. The van der Waals surface area contributed by atoms with Crippen molar-refractivity contribution in [1.82, 2.24) is 0 Å². The molecule has 0 spiro atoms. The molecule has 0 aliphatic rings. The van der Waals surface area contributed by atoms with Gasteiger partial charge in [0.25, 0.3) is 0 Å². The molecule has 0 bridgehead atoms. The molecule has 13 heavy (non-hydrogen) atoms. The van der Waals surface area contributed by atoms with Crippen LogP contribution in [-0.4, -0.2) is 13.9 Å². The van der Waals surface area contributed by atoms with E-state index in [2.05, 4.69) is 0 Å². The first-order chi connectivity index (χ1) is 5.65. The molecule has 1 aromatic rings. The average Bonchev–Trinajstić information content (AvgIpc) is 2.05. The summed E-state index contributed by atoms with van der Waals surface area (Å²) in [6.07, 6.45) is 0.622. The van der Waals surface area contributed by atoms with Crippen LogP contribution in [0, 0.1) is 0 Å². The molecule has 0 fully saturated rings. The van der Waals surface area contributed by atoms with Crippen LogP contribution in [0.25, 0.3) is 0 Å². The first-order valence-corrected chi connectivity index (χ1v) is 4.63. The Morgan fingerprint density at radius 3 is 2.62 bits per heavy atom. The van der Waals surface area contributed by atoms with Gasteiger partial charge >= 0.3 is 29.6 Å². The van der Waals surface area contributed by atoms with Gasteiger partial charge in [0.1, 0.15) is 5.75 Å². The molecular weight excluding hydrogens is 199 g/mol. The molecule has 3 nitrogen and oxygen atoms in total. The molecule has 5 heteroatoms. The molecule has 1 atom stereocenters. The summed E-state index contributed by atoms with van der Waals surface area (Å²) in [6.45, 7) is 1.85. The number of phenolic OH excluding ortho intramolecular Hbond substituents is 1. The Hall–Kier alpha value is 0.130. The molecule has 0 heterocycles. The van der Waals surface area contributed by atoms with E-state index in [-0.39, 0.29) is 40.2 Å². The fourth-order valence-corrected chi connectivity index (χ4v) is 1.37. The van der Waals surface area contributed by atoms with Crippen LogP contribution in [-0.2, 0) is 17.5 Å². The minimum atomic E-state index is -2.21. The normalized spacial score (nSPS) is 11.8. The maximum atomic E-state index is 10.5. The maximum Gasteiger partial charge on any atom is 1.00 e. The van der Waals surface area contributed by atoms with Gasteiger partial charge in [-0.15, -0.1) is 0 Å². The third-order valence-corrected chi connectivity index (χ3v) is 2.26. The summed E-state index contributed by atoms with van der Waals surface area (Å²) in [7, 11) is 0. The zero-order chi connectivity index (χ0) is 9.14. The van der Waals surface area contributed by atoms with Gasteiger partial charge in [-0.3, -0.25) is 4.21 Å². The maximum absolute atomic E-state index is 10.5. The summed E-state index contributed by atoms with van der Waals surface area (Å²) < 4.78 is 21.0. The summed E-state index contributed by atoms with van der Waals surface area (Å²) in [6, 6.07) is 4.24. The Labute approximate surface area is 102 Å². The standard InChI is InChI=1S/C8H10O3S.Na/c1-2-6-5-7(12(10)11)3-4-8(6)9;/h3-5,9H,2H2,1H3,(H,10,11);/q;+1/p-1. The van der Waals surface area contributed by atoms with Crippen molar-refractivity contribution in [3.05, 3.63) is 23.8 Å². The van der Waals surface area contributed by atoms with E-state index >= 15 is 0 Å². The fraction of sp³-hybridized carbons (Fsp3) is 0.250. The van der Waals surface area contributed by atoms with Gasteiger partial charge in [-0.25, -0.2) is 0 Å². The first kappa shape index (κ1) is 13.1. The number of benzene rings is 1. The van der Waals surface area contributed by atoms with Crippen molar-refractivity contribution in [2.75, 3.05) is 0 Å². The van der Waals surface area contributed by atoms with Crippen molar-refractivity contribution in [3.63, 3.8) is 0 Å². The third kappa shape index (κ3) is 3.40. The fourth-order valence-electron chi connectivity index (χ4n) is 0.949. The van der Waals surface area contributed by atoms with E-state index in [1.807, 2.05) is 6.92 Å². The molecule has 1 unspecified atom stereocenters. The Balaban J connectivity index is 0.00000144. The first-order valence-electron chi connectivity index (χ1n) is 3.56. The van der Waals surface area contributed by atoms with E-state index in [0.29, 0.717) is 12.0 Å². The minimum Gasteiger partial charge on any atom is -0.768 e. The number of hydrogen-bond donors (Lipinski definition) is 1. The molecule has 1 rings (SSSR count). The van der Waals surface area contributed by atoms with E-state index < -0.39 is 11.1 Å². The van der Waals surface area contributed by atoms with Gasteiger partial charge < -0.3 is 9.66 Å². The second-order valence-corrected chi connectivity index (χ2v) is 3.32. The van der Waals surface area contributed by atoms with E-state index in [0.717, 1.165) is 0 Å². The molecule has 0 radical (unpaired) electrons. The van der Waals surface area contributed by atoms with E-state index in [9.17, 15) is 13.9 Å². The predicted molar refractivity (Wildman–Crippen MR) is 44.7 cm³/mol. The second kappa shape index (κ2) is 5.78. The molecule has 1 aromatic carbocycles. The van der Waals surface area contributed by atoms with Crippen molar-refractivity contribution in [2.45, 2.75) is 18.2 Å². The quantitative estimate of drug-likeness (QED) is 0.460. The molecule has 0 aromatic heterocycles. The molecule has 0 aliphatic carbocycles. The second-order valence-electron chi connectivity index (χ2n) is 2.38. The molecule has 0 aliphatic heterocycles. The van der Waals surface area contributed by atoms with Crippen LogP contribution in [0.1, 0.15) is 12.5 Å². The summed E-state index contributed by atoms with van der Waals surface area (Å²) in [5.74, 6) is 0.145. The topological polar surface area (TPSA) is 60.4 Å². The zero-order valence-corrected chi connectivity index (χ0v) is 10.4. The number of rotatable bonds is 2. The Morgan fingerprint density at radius 2 is 2.15 bits per heavy atom. The van der Waals surface area contributed by atoms with Crippen LogP contribution in [0.15, 0.2) is 23.1 Å². The molecule has 0 amide bonds. The minimum absolute atomic E-state index is 0. The van der Waals surface area contributed by atoms with Crippen molar-refractivity contribution in [2.24, 2.45) is 0 Å². The van der Waals surface area contributed by atoms with Gasteiger partial charge in [0.05, 0.1) is 0 Å². The monoisotopic (exact) mass is 208 g/mol. The van der Waals surface area contributed by atoms with E-state index in [4.69, 9.17) is 0 Å². The van der Waals surface area contributed by atoms with Gasteiger partial charge in [0.2, 0.25) is 0 Å². The van der Waals surface area contributed by atoms with Crippen molar-refractivity contribution < 1.29 is 43.4 Å². The molecule has 0 saturated carbocycles. The van der Waals surface area contributed by atoms with Gasteiger partial charge in [-0.2, -0.15) is 0 Å². The third-order valence-electron chi connectivity index (χ3n) is 1.62. The van der Waals surface area contributed by atoms with Gasteiger partial charge in [0, 0.05) is 4.90 Å². The van der Waals surface area contributed by atoms with Crippen LogP contribution >= 0.6 is 0 Å². The van der Waals surface area contributed by atoms with E-state index in [1.165, 1.54) is 18.2 Å². The van der Waals surface area contributed by atoms with Crippen LogP contribution in [0.2, 0.25) is 0 Å². The predicted octanol–water partition coefficient (Wildman–Crippen LogP) is -1.80. The SMILES string of the molecule is CCc1cc(S(=O)[O-])ccc1O.[Na+]. The number of aryl methyl sites for hydroxylation is 1. The van der Waals surface area contributed by atoms with Gasteiger partial charge in [0.15, 0.2) is 0 Å². The van der Waals surface area contributed by atoms with Crippen LogP contribution in [0.4, 0.5) is 0 Å². The Kier molecular flexibility index (Phi) is 5.83. The average molecular weight is 208 g/mol. The van der Waals surface area contributed by atoms with Crippen molar-refractivity contribution >= 4 is 11.1 Å². The van der Waals surface area contributed by atoms with Crippen LogP contribution in [0.5, 0.6) is 5.75 Å². The Bertz CT molecular complexity index is 314. The summed E-state index contributed by atoms with van der Waals surface area (Å²) in [4.78, 5) is 0.213. The smallest absolute Gasteiger partial charge is 0.768 e. The molecule has 1 N–H and O–H groups in total. The largest absolute Gasteiger partial charge is 1.00 e. The number of phenols is 1. The summed E-state index contributed by atoms with van der Waals surface area (Å²) in [5, 5.41) is 9.22. The number of aromatic hydroxyl groups is 1. The summed E-state index contributed by atoms with van der Waals surface area (Å²) in [5.41, 5.74) is 0.650. The van der Waals surface area contributed by atoms with Crippen molar-refractivity contribution in [1.29, 1.82) is 0 Å². The zero-order valence-electron chi connectivity index (χ0n) is 7.61. The van der Waals surface area contributed by atoms with Crippen LogP contribution < -0.4 is 29.6 Å². The van der Waals surface area contributed by atoms with Gasteiger partial charge in [-0.05, 0) is 41.3 Å². The summed E-state index contributed by atoms with van der Waals surface area (Å²) >= 11 is -2.21.